The number of hydrogen-bond donors (Lipinski definition) is 2. The van der Waals surface area contributed by atoms with Crippen LogP contribution in [-0.4, -0.2) is 41.6 Å². The van der Waals surface area contributed by atoms with Crippen LogP contribution in [0.2, 0.25) is 0 Å². The monoisotopic (exact) mass is 427 g/mol. The molecule has 0 unspecified atom stereocenters. The Kier molecular flexibility index (Phi) is 6.26. The molecule has 2 aromatic carbocycles. The van der Waals surface area contributed by atoms with Crippen LogP contribution in [0.1, 0.15) is 28.8 Å². The molecular weight excluding hydrogens is 402 g/mol. The number of rotatable bonds is 7. The van der Waals surface area contributed by atoms with Crippen LogP contribution in [0.25, 0.3) is 22.2 Å². The van der Waals surface area contributed by atoms with E-state index in [1.165, 1.54) is 0 Å². The van der Waals surface area contributed by atoms with E-state index in [-0.39, 0.29) is 11.8 Å². The third kappa shape index (κ3) is 4.37. The van der Waals surface area contributed by atoms with Crippen LogP contribution < -0.4 is 15.4 Å². The summed E-state index contributed by atoms with van der Waals surface area (Å²) in [5, 5.41) is 6.95. The number of carbonyl (C=O) groups excluding carboxylic acids is 1. The van der Waals surface area contributed by atoms with Gasteiger partial charge in [0.2, 0.25) is 0 Å². The van der Waals surface area contributed by atoms with Gasteiger partial charge in [-0.3, -0.25) is 9.78 Å². The molecule has 2 N–H and O–H groups in total. The maximum absolute atomic E-state index is 12.2. The van der Waals surface area contributed by atoms with Crippen LogP contribution in [-0.2, 0) is 0 Å². The van der Waals surface area contributed by atoms with Gasteiger partial charge in [-0.15, -0.1) is 0 Å². The molecule has 0 saturated carbocycles. The van der Waals surface area contributed by atoms with Crippen LogP contribution in [0.5, 0.6) is 5.75 Å². The summed E-state index contributed by atoms with van der Waals surface area (Å²) in [5.74, 6) is 1.58. The molecule has 0 aliphatic rings. The van der Waals surface area contributed by atoms with Crippen molar-refractivity contribution < 1.29 is 9.53 Å². The average Bonchev–Trinajstić information content (AvgIpc) is 2.86. The molecule has 2 heterocycles. The number of anilines is 1. The highest BCUT2D eigenvalue weighted by Gasteiger charge is 2.15. The number of fused-ring (bicyclic) bond motifs is 1. The molecule has 0 aliphatic carbocycles. The van der Waals surface area contributed by atoms with E-state index in [9.17, 15) is 4.79 Å². The first-order chi connectivity index (χ1) is 15.6. The van der Waals surface area contributed by atoms with Gasteiger partial charge in [-0.1, -0.05) is 25.1 Å². The summed E-state index contributed by atoms with van der Waals surface area (Å²) in [5.41, 5.74) is 4.36. The summed E-state index contributed by atoms with van der Waals surface area (Å²) in [6.07, 6.45) is 3.24. The fourth-order valence-electron chi connectivity index (χ4n) is 3.67. The number of hydrogen-bond acceptors (Lipinski definition) is 6. The Morgan fingerprint density at radius 2 is 1.88 bits per heavy atom. The summed E-state index contributed by atoms with van der Waals surface area (Å²) in [7, 11) is 3.28. The molecule has 0 radical (unpaired) electrons. The molecule has 4 rings (SSSR count). The number of para-hydroxylation sites is 1. The lowest BCUT2D eigenvalue weighted by Crippen LogP contribution is -2.18. The number of amides is 1. The van der Waals surface area contributed by atoms with Gasteiger partial charge in [0.1, 0.15) is 17.9 Å². The summed E-state index contributed by atoms with van der Waals surface area (Å²) >= 11 is 0. The molecule has 0 fully saturated rings. The lowest BCUT2D eigenvalue weighted by Gasteiger charge is -2.16. The van der Waals surface area contributed by atoms with Crippen molar-refractivity contribution in [2.45, 2.75) is 12.8 Å². The molecule has 0 saturated heterocycles. The van der Waals surface area contributed by atoms with Crippen LogP contribution in [0.3, 0.4) is 0 Å². The van der Waals surface area contributed by atoms with Crippen LogP contribution in [0.4, 0.5) is 5.82 Å². The average molecular weight is 428 g/mol. The van der Waals surface area contributed by atoms with Gasteiger partial charge in [0, 0.05) is 42.7 Å². The number of pyridine rings is 1. The highest BCUT2D eigenvalue weighted by atomic mass is 16.5. The smallest absolute Gasteiger partial charge is 0.251 e. The third-order valence-corrected chi connectivity index (χ3v) is 5.45. The first kappa shape index (κ1) is 21.2. The second-order valence-corrected chi connectivity index (χ2v) is 7.48. The van der Waals surface area contributed by atoms with Crippen molar-refractivity contribution >= 4 is 22.6 Å². The third-order valence-electron chi connectivity index (χ3n) is 5.45. The molecular formula is C25H25N5O2. The Hall–Kier alpha value is -4.00. The highest BCUT2D eigenvalue weighted by Crippen LogP contribution is 2.27. The van der Waals surface area contributed by atoms with Gasteiger partial charge in [0.15, 0.2) is 0 Å². The molecule has 7 nitrogen and oxygen atoms in total. The van der Waals surface area contributed by atoms with E-state index in [4.69, 9.17) is 4.74 Å². The van der Waals surface area contributed by atoms with Crippen LogP contribution >= 0.6 is 0 Å². The first-order valence-electron chi connectivity index (χ1n) is 10.4. The van der Waals surface area contributed by atoms with E-state index < -0.39 is 0 Å². The molecule has 4 aromatic rings. The van der Waals surface area contributed by atoms with Gasteiger partial charge in [-0.25, -0.2) is 9.97 Å². The fraction of sp³-hybridized carbons (Fsp3) is 0.200. The van der Waals surface area contributed by atoms with Gasteiger partial charge in [0.25, 0.3) is 5.91 Å². The molecule has 0 spiro atoms. The standard InChI is InChI=1S/C25H25N5O2/c1-16(19-5-4-6-20-21(25(31)26-2)11-12-27-24(19)20)14-28-23-13-22(29-15-30-23)17-7-9-18(32-3)10-8-17/h4-13,15-16H,14H2,1-3H3,(H,26,31)(H,28,29,30)/t16-/m1/s1. The number of nitrogens with zero attached hydrogens (tertiary/aromatic N) is 3. The molecule has 0 aliphatic heterocycles. The minimum atomic E-state index is -0.118. The van der Waals surface area contributed by atoms with Crippen LogP contribution in [0.15, 0.2) is 67.1 Å². The van der Waals surface area contributed by atoms with Crippen molar-refractivity contribution in [1.82, 2.24) is 20.3 Å². The number of aromatic nitrogens is 3. The number of methoxy groups -OCH3 is 1. The molecule has 2 aromatic heterocycles. The SMILES string of the molecule is CNC(=O)c1ccnc2c([C@H](C)CNc3cc(-c4ccc(OC)cc4)ncn3)cccc12. The number of nitrogens with one attached hydrogen (secondary N) is 2. The van der Waals surface area contributed by atoms with Crippen molar-refractivity contribution in [3.63, 3.8) is 0 Å². The molecule has 162 valence electrons. The Morgan fingerprint density at radius 1 is 1.06 bits per heavy atom. The van der Waals surface area contributed by atoms with E-state index in [1.54, 1.807) is 32.7 Å². The van der Waals surface area contributed by atoms with E-state index in [1.807, 2.05) is 42.5 Å². The summed E-state index contributed by atoms with van der Waals surface area (Å²) in [4.78, 5) is 25.5. The maximum Gasteiger partial charge on any atom is 0.251 e. The normalized spacial score (nSPS) is 11.7. The second-order valence-electron chi connectivity index (χ2n) is 7.48. The molecule has 32 heavy (non-hydrogen) atoms. The van der Waals surface area contributed by atoms with Crippen molar-refractivity contribution in [1.29, 1.82) is 0 Å². The topological polar surface area (TPSA) is 89.0 Å². The van der Waals surface area contributed by atoms with Crippen molar-refractivity contribution in [3.8, 4) is 17.0 Å². The largest absolute Gasteiger partial charge is 0.497 e. The number of ether oxygens (including phenoxy) is 1. The number of benzene rings is 2. The van der Waals surface area contributed by atoms with Gasteiger partial charge in [-0.2, -0.15) is 0 Å². The zero-order valence-corrected chi connectivity index (χ0v) is 18.3. The van der Waals surface area contributed by atoms with Crippen molar-refractivity contribution in [2.75, 3.05) is 26.0 Å². The Bertz CT molecular complexity index is 1240. The van der Waals surface area contributed by atoms with E-state index in [0.717, 1.165) is 39.3 Å². The minimum absolute atomic E-state index is 0.118. The Labute approximate surface area is 186 Å². The van der Waals surface area contributed by atoms with E-state index in [0.29, 0.717) is 12.1 Å². The molecule has 1 atom stereocenters. The lowest BCUT2D eigenvalue weighted by atomic mass is 9.96. The van der Waals surface area contributed by atoms with Gasteiger partial charge in [-0.05, 0) is 35.9 Å². The highest BCUT2D eigenvalue weighted by molar-refractivity contribution is 6.06. The summed E-state index contributed by atoms with van der Waals surface area (Å²) in [6.45, 7) is 2.78. The van der Waals surface area contributed by atoms with Crippen molar-refractivity contribution in [2.24, 2.45) is 0 Å². The first-order valence-corrected chi connectivity index (χ1v) is 10.4. The van der Waals surface area contributed by atoms with Gasteiger partial charge in [0.05, 0.1) is 23.9 Å². The van der Waals surface area contributed by atoms with E-state index in [2.05, 4.69) is 38.6 Å². The minimum Gasteiger partial charge on any atom is -0.497 e. The summed E-state index contributed by atoms with van der Waals surface area (Å²) < 4.78 is 5.22. The molecule has 1 amide bonds. The zero-order chi connectivity index (χ0) is 22.5. The lowest BCUT2D eigenvalue weighted by molar-refractivity contribution is 0.0964. The Morgan fingerprint density at radius 3 is 2.62 bits per heavy atom. The van der Waals surface area contributed by atoms with Crippen molar-refractivity contribution in [3.05, 3.63) is 78.2 Å². The Balaban J connectivity index is 1.53. The fourth-order valence-corrected chi connectivity index (χ4v) is 3.67. The summed E-state index contributed by atoms with van der Waals surface area (Å²) in [6, 6.07) is 17.4. The van der Waals surface area contributed by atoms with Crippen LogP contribution in [0, 0.1) is 0 Å². The van der Waals surface area contributed by atoms with Gasteiger partial charge < -0.3 is 15.4 Å². The maximum atomic E-state index is 12.2. The molecule has 7 heteroatoms. The van der Waals surface area contributed by atoms with E-state index >= 15 is 0 Å². The number of carbonyl (C=O) groups is 1. The quantitative estimate of drug-likeness (QED) is 0.458. The molecule has 0 bridgehead atoms. The predicted molar refractivity (Wildman–Crippen MR) is 126 cm³/mol. The van der Waals surface area contributed by atoms with Gasteiger partial charge >= 0.3 is 0 Å². The second kappa shape index (κ2) is 9.43. The zero-order valence-electron chi connectivity index (χ0n) is 18.3. The predicted octanol–water partition coefficient (Wildman–Crippen LogP) is 4.28.